The zero-order valence-corrected chi connectivity index (χ0v) is 11.3. The number of benzene rings is 1. The Balaban J connectivity index is 2.59. The van der Waals surface area contributed by atoms with Crippen LogP contribution in [0.2, 0.25) is 5.02 Å². The third-order valence-electron chi connectivity index (χ3n) is 2.96. The van der Waals surface area contributed by atoms with E-state index in [-0.39, 0.29) is 5.41 Å². The van der Waals surface area contributed by atoms with Gasteiger partial charge in [-0.15, -0.1) is 0 Å². The smallest absolute Gasteiger partial charge is 0.153 e. The van der Waals surface area contributed by atoms with Crippen molar-refractivity contribution in [2.45, 2.75) is 33.8 Å². The lowest BCUT2D eigenvalue weighted by Crippen LogP contribution is -2.16. The maximum atomic E-state index is 10.2. The van der Waals surface area contributed by atoms with Crippen molar-refractivity contribution in [2.75, 3.05) is 0 Å². The van der Waals surface area contributed by atoms with Crippen molar-refractivity contribution in [1.29, 1.82) is 0 Å². The van der Waals surface area contributed by atoms with E-state index in [1.54, 1.807) is 0 Å². The number of aliphatic hydroxyl groups is 1. The molecule has 0 spiro atoms. The molecule has 1 unspecified atom stereocenters. The third kappa shape index (κ3) is 2.20. The van der Waals surface area contributed by atoms with Gasteiger partial charge in [-0.25, -0.2) is 0 Å². The van der Waals surface area contributed by atoms with Crippen LogP contribution in [-0.4, -0.2) is 5.11 Å². The van der Waals surface area contributed by atoms with E-state index < -0.39 is 6.10 Å². The highest BCUT2D eigenvalue weighted by molar-refractivity contribution is 6.34. The maximum absolute atomic E-state index is 10.2. The molecule has 1 aromatic carbocycles. The minimum Gasteiger partial charge on any atom is -0.457 e. The first kappa shape index (κ1) is 12.5. The van der Waals surface area contributed by atoms with Crippen molar-refractivity contribution in [3.05, 3.63) is 34.5 Å². The summed E-state index contributed by atoms with van der Waals surface area (Å²) >= 11 is 6.09. The predicted molar refractivity (Wildman–Crippen MR) is 70.4 cm³/mol. The minimum absolute atomic E-state index is 0.256. The number of fused-ring (bicyclic) bond motifs is 1. The van der Waals surface area contributed by atoms with Gasteiger partial charge in [0.1, 0.15) is 11.9 Å². The van der Waals surface area contributed by atoms with Crippen molar-refractivity contribution >= 4 is 22.6 Å². The summed E-state index contributed by atoms with van der Waals surface area (Å²) in [6, 6.07) is 5.65. The first-order valence-electron chi connectivity index (χ1n) is 5.67. The van der Waals surface area contributed by atoms with Gasteiger partial charge in [-0.1, -0.05) is 38.4 Å². The van der Waals surface area contributed by atoms with E-state index in [0.29, 0.717) is 16.4 Å². The van der Waals surface area contributed by atoms with E-state index in [2.05, 4.69) is 0 Å². The quantitative estimate of drug-likeness (QED) is 0.812. The lowest BCUT2D eigenvalue weighted by molar-refractivity contribution is 0.0448. The van der Waals surface area contributed by atoms with Crippen LogP contribution >= 0.6 is 11.6 Å². The molecule has 1 N–H and O–H groups in total. The third-order valence-corrected chi connectivity index (χ3v) is 3.26. The van der Waals surface area contributed by atoms with Crippen molar-refractivity contribution < 1.29 is 9.52 Å². The van der Waals surface area contributed by atoms with Crippen LogP contribution in [0, 0.1) is 12.3 Å². The van der Waals surface area contributed by atoms with Crippen LogP contribution < -0.4 is 0 Å². The summed E-state index contributed by atoms with van der Waals surface area (Å²) in [5.41, 5.74) is 1.50. The van der Waals surface area contributed by atoms with Crippen LogP contribution in [0.3, 0.4) is 0 Å². The second kappa shape index (κ2) is 4.04. The Morgan fingerprint density at radius 1 is 1.29 bits per heavy atom. The van der Waals surface area contributed by atoms with Crippen LogP contribution in [-0.2, 0) is 0 Å². The average molecular weight is 253 g/mol. The monoisotopic (exact) mass is 252 g/mol. The van der Waals surface area contributed by atoms with E-state index in [9.17, 15) is 5.11 Å². The molecule has 2 rings (SSSR count). The summed E-state index contributed by atoms with van der Waals surface area (Å²) < 4.78 is 5.69. The number of aryl methyl sites for hydroxylation is 1. The Hall–Kier alpha value is -0.990. The summed E-state index contributed by atoms with van der Waals surface area (Å²) in [6.07, 6.45) is -0.634. The van der Waals surface area contributed by atoms with Gasteiger partial charge in [0.05, 0.1) is 5.02 Å². The second-order valence-electron chi connectivity index (χ2n) is 5.52. The molecule has 0 saturated carbocycles. The van der Waals surface area contributed by atoms with Gasteiger partial charge in [0, 0.05) is 5.39 Å². The number of hydrogen-bond donors (Lipinski definition) is 1. The van der Waals surface area contributed by atoms with Gasteiger partial charge < -0.3 is 9.52 Å². The molecule has 0 fully saturated rings. The van der Waals surface area contributed by atoms with E-state index in [1.807, 2.05) is 45.9 Å². The van der Waals surface area contributed by atoms with Gasteiger partial charge in [-0.3, -0.25) is 0 Å². The number of hydrogen-bond acceptors (Lipinski definition) is 2. The van der Waals surface area contributed by atoms with Crippen molar-refractivity contribution in [3.63, 3.8) is 0 Å². The number of halogens is 1. The van der Waals surface area contributed by atoms with Crippen molar-refractivity contribution in [1.82, 2.24) is 0 Å². The SMILES string of the molecule is Cc1ccc(Cl)c2oc(C(O)C(C)(C)C)cc12. The van der Waals surface area contributed by atoms with Crippen LogP contribution in [0.4, 0.5) is 0 Å². The molecule has 1 atom stereocenters. The van der Waals surface area contributed by atoms with Crippen LogP contribution in [0.25, 0.3) is 11.0 Å². The average Bonchev–Trinajstić information content (AvgIpc) is 2.67. The van der Waals surface area contributed by atoms with Crippen molar-refractivity contribution in [3.8, 4) is 0 Å². The fourth-order valence-corrected chi connectivity index (χ4v) is 2.01. The lowest BCUT2D eigenvalue weighted by atomic mass is 9.87. The molecule has 0 aliphatic heterocycles. The molecular weight excluding hydrogens is 236 g/mol. The number of rotatable bonds is 1. The summed E-state index contributed by atoms with van der Waals surface area (Å²) in [5.74, 6) is 0.573. The van der Waals surface area contributed by atoms with Gasteiger partial charge in [0.25, 0.3) is 0 Å². The van der Waals surface area contributed by atoms with Crippen LogP contribution in [0.1, 0.15) is 38.2 Å². The molecule has 1 aromatic heterocycles. The molecule has 0 bridgehead atoms. The first-order valence-corrected chi connectivity index (χ1v) is 6.05. The topological polar surface area (TPSA) is 33.4 Å². The number of furan rings is 1. The highest BCUT2D eigenvalue weighted by atomic mass is 35.5. The van der Waals surface area contributed by atoms with Crippen LogP contribution in [0.5, 0.6) is 0 Å². The lowest BCUT2D eigenvalue weighted by Gasteiger charge is -2.23. The summed E-state index contributed by atoms with van der Waals surface area (Å²) in [7, 11) is 0. The van der Waals surface area contributed by atoms with E-state index in [4.69, 9.17) is 16.0 Å². The van der Waals surface area contributed by atoms with Crippen LogP contribution in [0.15, 0.2) is 22.6 Å². The summed E-state index contributed by atoms with van der Waals surface area (Å²) in [6.45, 7) is 7.92. The molecule has 0 aliphatic carbocycles. The molecule has 3 heteroatoms. The molecule has 0 aliphatic rings. The fourth-order valence-electron chi connectivity index (χ4n) is 1.81. The Labute approximate surface area is 106 Å². The molecule has 17 heavy (non-hydrogen) atoms. The zero-order chi connectivity index (χ0) is 12.8. The zero-order valence-electron chi connectivity index (χ0n) is 10.5. The predicted octanol–water partition coefficient (Wildman–Crippen LogP) is 4.47. The van der Waals surface area contributed by atoms with E-state index in [0.717, 1.165) is 10.9 Å². The molecular formula is C14H17ClO2. The molecule has 1 heterocycles. The normalized spacial score (nSPS) is 14.2. The van der Waals surface area contributed by atoms with Crippen molar-refractivity contribution in [2.24, 2.45) is 5.41 Å². The molecule has 92 valence electrons. The molecule has 0 radical (unpaired) electrons. The molecule has 0 saturated heterocycles. The standard InChI is InChI=1S/C14H17ClO2/c1-8-5-6-10(15)12-9(8)7-11(17-12)13(16)14(2,3)4/h5-7,13,16H,1-4H3. The molecule has 2 nitrogen and oxygen atoms in total. The molecule has 2 aromatic rings. The Bertz CT molecular complexity index is 510. The number of aliphatic hydroxyl groups excluding tert-OH is 1. The summed E-state index contributed by atoms with van der Waals surface area (Å²) in [5, 5.41) is 11.8. The van der Waals surface area contributed by atoms with E-state index >= 15 is 0 Å². The van der Waals surface area contributed by atoms with Gasteiger partial charge in [-0.2, -0.15) is 0 Å². The van der Waals surface area contributed by atoms with Gasteiger partial charge in [-0.05, 0) is 30.0 Å². The minimum atomic E-state index is -0.634. The second-order valence-corrected chi connectivity index (χ2v) is 5.93. The Morgan fingerprint density at radius 2 is 1.94 bits per heavy atom. The highest BCUT2D eigenvalue weighted by Gasteiger charge is 2.27. The van der Waals surface area contributed by atoms with E-state index in [1.165, 1.54) is 0 Å². The Kier molecular flexibility index (Phi) is 2.96. The maximum Gasteiger partial charge on any atom is 0.153 e. The fraction of sp³-hybridized carbons (Fsp3) is 0.429. The summed E-state index contributed by atoms with van der Waals surface area (Å²) in [4.78, 5) is 0. The molecule has 0 amide bonds. The van der Waals surface area contributed by atoms with Gasteiger partial charge in [0.15, 0.2) is 5.58 Å². The Morgan fingerprint density at radius 3 is 2.47 bits per heavy atom. The highest BCUT2D eigenvalue weighted by Crippen LogP contribution is 2.37. The largest absolute Gasteiger partial charge is 0.457 e. The van der Waals surface area contributed by atoms with Gasteiger partial charge >= 0.3 is 0 Å². The first-order chi connectivity index (χ1) is 7.80. The van der Waals surface area contributed by atoms with Gasteiger partial charge in [0.2, 0.25) is 0 Å².